The Balaban J connectivity index is 4.48. The summed E-state index contributed by atoms with van der Waals surface area (Å²) in [5.74, 6) is -0.386. The Morgan fingerprint density at radius 1 is 1.38 bits per heavy atom. The number of ether oxygens (including phenoxy) is 1. The topological polar surface area (TPSA) is 52.6 Å². The van der Waals surface area contributed by atoms with Crippen LogP contribution in [0.25, 0.3) is 0 Å². The molecule has 0 radical (unpaired) electrons. The van der Waals surface area contributed by atoms with Gasteiger partial charge in [-0.1, -0.05) is 20.4 Å². The fourth-order valence-electron chi connectivity index (χ4n) is 1.35. The maximum Gasteiger partial charge on any atom is 0.333 e. The van der Waals surface area contributed by atoms with E-state index in [1.54, 1.807) is 6.92 Å². The Morgan fingerprint density at radius 3 is 2.31 bits per heavy atom. The molecule has 4 nitrogen and oxygen atoms in total. The lowest BCUT2D eigenvalue weighted by Crippen LogP contribution is -2.35. The van der Waals surface area contributed by atoms with Gasteiger partial charge >= 0.3 is 14.7 Å². The van der Waals surface area contributed by atoms with E-state index in [1.165, 1.54) is 0 Å². The van der Waals surface area contributed by atoms with E-state index in [-0.39, 0.29) is 14.7 Å². The van der Waals surface area contributed by atoms with Crippen LogP contribution in [0.15, 0.2) is 12.2 Å². The largest absolute Gasteiger partial charge is 0.456 e. The standard InChI is InChI=1S/C11H19O4P/c1-5-11(6-2,7-8-14-16-13)15-10(12)9(3)4/h3,5-8H2,1-2,4H3. The highest BCUT2D eigenvalue weighted by Gasteiger charge is 2.30. The van der Waals surface area contributed by atoms with Crippen molar-refractivity contribution in [2.24, 2.45) is 0 Å². The maximum atomic E-state index is 11.5. The number of rotatable bonds is 8. The third kappa shape index (κ3) is 4.86. The molecular weight excluding hydrogens is 227 g/mol. The molecule has 0 N–H and O–H groups in total. The molecule has 0 spiro atoms. The smallest absolute Gasteiger partial charge is 0.333 e. The van der Waals surface area contributed by atoms with Crippen molar-refractivity contribution in [2.75, 3.05) is 6.61 Å². The van der Waals surface area contributed by atoms with E-state index in [9.17, 15) is 9.36 Å². The van der Waals surface area contributed by atoms with Crippen molar-refractivity contribution in [2.45, 2.75) is 45.6 Å². The van der Waals surface area contributed by atoms with Gasteiger partial charge in [-0.3, -0.25) is 4.52 Å². The van der Waals surface area contributed by atoms with Gasteiger partial charge in [0.2, 0.25) is 0 Å². The maximum absolute atomic E-state index is 11.5. The predicted molar refractivity (Wildman–Crippen MR) is 62.4 cm³/mol. The van der Waals surface area contributed by atoms with Gasteiger partial charge in [0.1, 0.15) is 5.60 Å². The van der Waals surface area contributed by atoms with Gasteiger partial charge in [0, 0.05) is 12.0 Å². The van der Waals surface area contributed by atoms with Gasteiger partial charge in [-0.05, 0) is 19.8 Å². The second-order valence-corrected chi connectivity index (χ2v) is 4.12. The number of carbonyl (C=O) groups excluding carboxylic acids is 1. The van der Waals surface area contributed by atoms with Crippen LogP contribution in [0.1, 0.15) is 40.0 Å². The highest BCUT2D eigenvalue weighted by molar-refractivity contribution is 7.17. The van der Waals surface area contributed by atoms with Crippen LogP contribution in [0.4, 0.5) is 0 Å². The quantitative estimate of drug-likeness (QED) is 0.285. The third-order valence-electron chi connectivity index (χ3n) is 2.65. The summed E-state index contributed by atoms with van der Waals surface area (Å²) in [4.78, 5) is 11.5. The molecule has 92 valence electrons. The second kappa shape index (κ2) is 7.53. The molecule has 16 heavy (non-hydrogen) atoms. The first kappa shape index (κ1) is 15.3. The fourth-order valence-corrected chi connectivity index (χ4v) is 1.52. The molecule has 0 aromatic rings. The van der Waals surface area contributed by atoms with Crippen LogP contribution in [-0.4, -0.2) is 18.2 Å². The predicted octanol–water partition coefficient (Wildman–Crippen LogP) is 3.28. The van der Waals surface area contributed by atoms with Crippen molar-refractivity contribution in [1.29, 1.82) is 0 Å². The molecule has 0 aliphatic heterocycles. The normalized spacial score (nSPS) is 11.4. The van der Waals surface area contributed by atoms with Crippen LogP contribution in [0.3, 0.4) is 0 Å². The molecule has 0 heterocycles. The van der Waals surface area contributed by atoms with Gasteiger partial charge in [-0.15, -0.1) is 0 Å². The minimum Gasteiger partial charge on any atom is -0.456 e. The summed E-state index contributed by atoms with van der Waals surface area (Å²) >= 11 is 0. The Morgan fingerprint density at radius 2 is 1.94 bits per heavy atom. The molecule has 0 bridgehead atoms. The highest BCUT2D eigenvalue weighted by atomic mass is 31.1. The third-order valence-corrected chi connectivity index (χ3v) is 2.94. The highest BCUT2D eigenvalue weighted by Crippen LogP contribution is 2.26. The minimum absolute atomic E-state index is 0.302. The number of hydrogen-bond donors (Lipinski definition) is 0. The molecule has 0 amide bonds. The summed E-state index contributed by atoms with van der Waals surface area (Å²) in [7, 11) is -0.345. The summed E-state index contributed by atoms with van der Waals surface area (Å²) in [5, 5.41) is 0. The van der Waals surface area contributed by atoms with Gasteiger partial charge < -0.3 is 4.74 Å². The van der Waals surface area contributed by atoms with Crippen LogP contribution in [0.5, 0.6) is 0 Å². The van der Waals surface area contributed by atoms with Gasteiger partial charge in [0.15, 0.2) is 0 Å². The zero-order chi connectivity index (χ0) is 12.6. The van der Waals surface area contributed by atoms with E-state index >= 15 is 0 Å². The lowest BCUT2D eigenvalue weighted by Gasteiger charge is -2.31. The summed E-state index contributed by atoms with van der Waals surface area (Å²) < 4.78 is 20.3. The van der Waals surface area contributed by atoms with E-state index < -0.39 is 5.60 Å². The first-order valence-electron chi connectivity index (χ1n) is 5.34. The lowest BCUT2D eigenvalue weighted by molar-refractivity contribution is -0.157. The Bertz CT molecular complexity index is 259. The van der Waals surface area contributed by atoms with E-state index in [0.29, 0.717) is 31.4 Å². The van der Waals surface area contributed by atoms with Crippen molar-refractivity contribution in [3.05, 3.63) is 12.2 Å². The first-order chi connectivity index (χ1) is 7.51. The Kier molecular flexibility index (Phi) is 7.18. The Labute approximate surface area is 98.3 Å². The molecule has 0 atom stereocenters. The van der Waals surface area contributed by atoms with Crippen molar-refractivity contribution < 1.29 is 18.6 Å². The summed E-state index contributed by atoms with van der Waals surface area (Å²) in [5.41, 5.74) is -0.157. The van der Waals surface area contributed by atoms with Gasteiger partial charge in [0.25, 0.3) is 0 Å². The van der Waals surface area contributed by atoms with Crippen LogP contribution in [0, 0.1) is 0 Å². The summed E-state index contributed by atoms with van der Waals surface area (Å²) in [6, 6.07) is 0. The average Bonchev–Trinajstić information content (AvgIpc) is 2.27. The fraction of sp³-hybridized carbons (Fsp3) is 0.727. The molecule has 0 saturated heterocycles. The molecular formula is C11H19O4P. The van der Waals surface area contributed by atoms with Crippen LogP contribution >= 0.6 is 8.69 Å². The average molecular weight is 246 g/mol. The molecule has 5 heteroatoms. The summed E-state index contributed by atoms with van der Waals surface area (Å²) in [6.45, 7) is 9.36. The molecule has 0 saturated carbocycles. The zero-order valence-corrected chi connectivity index (χ0v) is 11.0. The molecule has 0 unspecified atom stereocenters. The number of hydrogen-bond acceptors (Lipinski definition) is 4. The molecule has 0 aromatic heterocycles. The summed E-state index contributed by atoms with van der Waals surface area (Å²) in [6.07, 6.45) is 1.93. The van der Waals surface area contributed by atoms with E-state index in [2.05, 4.69) is 6.58 Å². The molecule has 0 aromatic carbocycles. The molecule has 0 rings (SSSR count). The van der Waals surface area contributed by atoms with E-state index in [1.807, 2.05) is 13.8 Å². The van der Waals surface area contributed by atoms with Crippen molar-refractivity contribution in [1.82, 2.24) is 0 Å². The monoisotopic (exact) mass is 246 g/mol. The Hall–Kier alpha value is -0.730. The number of esters is 1. The van der Waals surface area contributed by atoms with Gasteiger partial charge in [-0.2, -0.15) is 0 Å². The SMILES string of the molecule is C=C(C)C(=O)OC(CC)(CC)CCOP=O. The van der Waals surface area contributed by atoms with E-state index in [0.717, 1.165) is 0 Å². The van der Waals surface area contributed by atoms with Crippen molar-refractivity contribution in [3.63, 3.8) is 0 Å². The van der Waals surface area contributed by atoms with Crippen molar-refractivity contribution in [3.8, 4) is 0 Å². The minimum atomic E-state index is -0.541. The molecule has 0 fully saturated rings. The van der Waals surface area contributed by atoms with Crippen molar-refractivity contribution >= 4 is 14.7 Å². The molecule has 0 aliphatic carbocycles. The molecule has 0 aliphatic rings. The lowest BCUT2D eigenvalue weighted by atomic mass is 9.93. The van der Waals surface area contributed by atoms with Gasteiger partial charge in [-0.25, -0.2) is 9.36 Å². The zero-order valence-electron chi connectivity index (χ0n) is 10.1. The van der Waals surface area contributed by atoms with E-state index in [4.69, 9.17) is 9.26 Å². The second-order valence-electron chi connectivity index (χ2n) is 3.72. The first-order valence-corrected chi connectivity index (χ1v) is 6.07. The van der Waals surface area contributed by atoms with Crippen LogP contribution in [-0.2, 0) is 18.6 Å². The van der Waals surface area contributed by atoms with Crippen LogP contribution < -0.4 is 0 Å². The van der Waals surface area contributed by atoms with Gasteiger partial charge in [0.05, 0.1) is 6.61 Å². The van der Waals surface area contributed by atoms with Crippen LogP contribution in [0.2, 0.25) is 0 Å². The number of carbonyl (C=O) groups is 1.